The SMILES string of the molecule is c1ccc(N2CCN(CC3CC3)c3ncccc3C2)nc1. The predicted octanol–water partition coefficient (Wildman–Crippen LogP) is 2.71. The fourth-order valence-electron chi connectivity index (χ4n) is 3.00. The van der Waals surface area contributed by atoms with Gasteiger partial charge in [-0.25, -0.2) is 9.97 Å². The number of hydrogen-bond donors (Lipinski definition) is 0. The molecule has 0 radical (unpaired) electrons. The molecule has 3 heterocycles. The minimum atomic E-state index is 0.876. The lowest BCUT2D eigenvalue weighted by Gasteiger charge is -2.24. The Morgan fingerprint density at radius 3 is 2.71 bits per heavy atom. The van der Waals surface area contributed by atoms with Gasteiger partial charge in [0.25, 0.3) is 0 Å². The van der Waals surface area contributed by atoms with Crippen molar-refractivity contribution in [2.75, 3.05) is 29.4 Å². The van der Waals surface area contributed by atoms with E-state index in [4.69, 9.17) is 0 Å². The first-order valence-corrected chi connectivity index (χ1v) is 7.75. The van der Waals surface area contributed by atoms with E-state index in [0.29, 0.717) is 0 Å². The van der Waals surface area contributed by atoms with Crippen LogP contribution >= 0.6 is 0 Å². The van der Waals surface area contributed by atoms with Gasteiger partial charge in [-0.15, -0.1) is 0 Å². The molecule has 0 bridgehead atoms. The van der Waals surface area contributed by atoms with Crippen molar-refractivity contribution in [3.63, 3.8) is 0 Å². The maximum Gasteiger partial charge on any atom is 0.133 e. The lowest BCUT2D eigenvalue weighted by atomic mass is 10.2. The molecule has 4 rings (SSSR count). The summed E-state index contributed by atoms with van der Waals surface area (Å²) in [5.41, 5.74) is 1.31. The van der Waals surface area contributed by atoms with Crippen LogP contribution in [0.2, 0.25) is 0 Å². The van der Waals surface area contributed by atoms with Gasteiger partial charge < -0.3 is 9.80 Å². The maximum atomic E-state index is 4.65. The van der Waals surface area contributed by atoms with E-state index in [0.717, 1.165) is 37.9 Å². The largest absolute Gasteiger partial charge is 0.354 e. The average molecular weight is 280 g/mol. The molecule has 0 N–H and O–H groups in total. The Hall–Kier alpha value is -2.10. The van der Waals surface area contributed by atoms with Crippen molar-refractivity contribution in [1.82, 2.24) is 9.97 Å². The molecule has 4 nitrogen and oxygen atoms in total. The number of aromatic nitrogens is 2. The first-order valence-electron chi connectivity index (χ1n) is 7.75. The fraction of sp³-hybridized carbons (Fsp3) is 0.412. The molecule has 0 unspecified atom stereocenters. The molecule has 1 fully saturated rings. The molecular formula is C17H20N4. The number of fused-ring (bicyclic) bond motifs is 1. The highest BCUT2D eigenvalue weighted by Gasteiger charge is 2.28. The molecule has 0 saturated heterocycles. The van der Waals surface area contributed by atoms with Gasteiger partial charge in [0.15, 0.2) is 0 Å². The summed E-state index contributed by atoms with van der Waals surface area (Å²) in [4.78, 5) is 14.0. The van der Waals surface area contributed by atoms with Gasteiger partial charge in [-0.2, -0.15) is 0 Å². The Morgan fingerprint density at radius 2 is 1.90 bits per heavy atom. The summed E-state index contributed by atoms with van der Waals surface area (Å²) in [5, 5.41) is 0. The second-order valence-corrected chi connectivity index (χ2v) is 5.99. The first-order chi connectivity index (χ1) is 10.4. The predicted molar refractivity (Wildman–Crippen MR) is 84.5 cm³/mol. The van der Waals surface area contributed by atoms with Crippen molar-refractivity contribution >= 4 is 11.6 Å². The highest BCUT2D eigenvalue weighted by molar-refractivity contribution is 5.52. The zero-order chi connectivity index (χ0) is 14.1. The summed E-state index contributed by atoms with van der Waals surface area (Å²) >= 11 is 0. The van der Waals surface area contributed by atoms with E-state index in [1.54, 1.807) is 0 Å². The van der Waals surface area contributed by atoms with Gasteiger partial charge in [0, 0.05) is 44.1 Å². The molecule has 0 amide bonds. The molecule has 2 aromatic heterocycles. The Bertz CT molecular complexity index is 609. The van der Waals surface area contributed by atoms with Gasteiger partial charge >= 0.3 is 0 Å². The summed E-state index contributed by atoms with van der Waals surface area (Å²) < 4.78 is 0. The van der Waals surface area contributed by atoms with Crippen LogP contribution in [-0.2, 0) is 6.54 Å². The van der Waals surface area contributed by atoms with Crippen LogP contribution in [0.4, 0.5) is 11.6 Å². The van der Waals surface area contributed by atoms with Crippen LogP contribution in [0.5, 0.6) is 0 Å². The van der Waals surface area contributed by atoms with Crippen LogP contribution < -0.4 is 9.80 Å². The molecule has 21 heavy (non-hydrogen) atoms. The Morgan fingerprint density at radius 1 is 1.00 bits per heavy atom. The zero-order valence-electron chi connectivity index (χ0n) is 12.2. The van der Waals surface area contributed by atoms with Crippen molar-refractivity contribution in [2.24, 2.45) is 5.92 Å². The quantitative estimate of drug-likeness (QED) is 0.865. The van der Waals surface area contributed by atoms with E-state index in [9.17, 15) is 0 Å². The van der Waals surface area contributed by atoms with Gasteiger partial charge in [0.1, 0.15) is 11.6 Å². The van der Waals surface area contributed by atoms with Gasteiger partial charge in [-0.05, 0) is 37.0 Å². The normalized spacial score (nSPS) is 18.3. The maximum absolute atomic E-state index is 4.65. The van der Waals surface area contributed by atoms with E-state index >= 15 is 0 Å². The number of pyridine rings is 2. The van der Waals surface area contributed by atoms with Gasteiger partial charge in [0.2, 0.25) is 0 Å². The van der Waals surface area contributed by atoms with Crippen molar-refractivity contribution in [2.45, 2.75) is 19.4 Å². The van der Waals surface area contributed by atoms with Crippen molar-refractivity contribution in [3.8, 4) is 0 Å². The molecule has 1 aliphatic heterocycles. The summed E-state index contributed by atoms with van der Waals surface area (Å²) in [7, 11) is 0. The van der Waals surface area contributed by atoms with Crippen LogP contribution in [0, 0.1) is 5.92 Å². The standard InChI is InChI=1S/C17H20N4/c1-2-8-18-16(5-1)20-10-11-21(12-14-6-7-14)17-15(13-20)4-3-9-19-17/h1-5,8-9,14H,6-7,10-13H2. The molecule has 0 atom stereocenters. The van der Waals surface area contributed by atoms with Crippen LogP contribution in [0.25, 0.3) is 0 Å². The highest BCUT2D eigenvalue weighted by Crippen LogP contribution is 2.33. The molecule has 0 aromatic carbocycles. The molecule has 2 aromatic rings. The smallest absolute Gasteiger partial charge is 0.133 e. The zero-order valence-corrected chi connectivity index (χ0v) is 12.2. The van der Waals surface area contributed by atoms with Crippen LogP contribution in [0.15, 0.2) is 42.7 Å². The highest BCUT2D eigenvalue weighted by atomic mass is 15.3. The molecule has 108 valence electrons. The number of hydrogen-bond acceptors (Lipinski definition) is 4. The van der Waals surface area contributed by atoms with Crippen LogP contribution in [0.1, 0.15) is 18.4 Å². The minimum Gasteiger partial charge on any atom is -0.354 e. The van der Waals surface area contributed by atoms with E-state index in [1.807, 2.05) is 24.5 Å². The Kier molecular flexibility index (Phi) is 3.22. The van der Waals surface area contributed by atoms with Gasteiger partial charge in [-0.3, -0.25) is 0 Å². The van der Waals surface area contributed by atoms with Gasteiger partial charge in [0.05, 0.1) is 0 Å². The average Bonchev–Trinajstić information content (AvgIpc) is 3.36. The fourth-order valence-corrected chi connectivity index (χ4v) is 3.00. The second-order valence-electron chi connectivity index (χ2n) is 5.99. The minimum absolute atomic E-state index is 0.876. The molecule has 1 aliphatic carbocycles. The van der Waals surface area contributed by atoms with Crippen molar-refractivity contribution < 1.29 is 0 Å². The van der Waals surface area contributed by atoms with Gasteiger partial charge in [-0.1, -0.05) is 12.1 Å². The lowest BCUT2D eigenvalue weighted by molar-refractivity contribution is 0.703. The molecule has 0 spiro atoms. The number of nitrogens with zero attached hydrogens (tertiary/aromatic N) is 4. The number of anilines is 2. The van der Waals surface area contributed by atoms with Crippen molar-refractivity contribution in [1.29, 1.82) is 0 Å². The van der Waals surface area contributed by atoms with Crippen LogP contribution in [0.3, 0.4) is 0 Å². The summed E-state index contributed by atoms with van der Waals surface area (Å²) in [6, 6.07) is 10.3. The monoisotopic (exact) mass is 280 g/mol. The Balaban J connectivity index is 1.63. The summed E-state index contributed by atoms with van der Waals surface area (Å²) in [6.07, 6.45) is 6.53. The van der Waals surface area contributed by atoms with E-state index in [1.165, 1.54) is 24.2 Å². The van der Waals surface area contributed by atoms with E-state index in [-0.39, 0.29) is 0 Å². The Labute approximate surface area is 125 Å². The third-order valence-corrected chi connectivity index (χ3v) is 4.32. The number of rotatable bonds is 3. The lowest BCUT2D eigenvalue weighted by Crippen LogP contribution is -2.33. The summed E-state index contributed by atoms with van der Waals surface area (Å²) in [5.74, 6) is 3.10. The molecule has 1 saturated carbocycles. The third-order valence-electron chi connectivity index (χ3n) is 4.32. The van der Waals surface area contributed by atoms with Crippen LogP contribution in [-0.4, -0.2) is 29.6 Å². The van der Waals surface area contributed by atoms with E-state index in [2.05, 4.69) is 38.0 Å². The second kappa shape index (κ2) is 5.35. The molecule has 4 heteroatoms. The topological polar surface area (TPSA) is 32.3 Å². The molecule has 2 aliphatic rings. The van der Waals surface area contributed by atoms with E-state index < -0.39 is 0 Å². The third kappa shape index (κ3) is 2.71. The summed E-state index contributed by atoms with van der Waals surface area (Å²) in [6.45, 7) is 4.07. The van der Waals surface area contributed by atoms with Crippen molar-refractivity contribution in [3.05, 3.63) is 48.3 Å². The first kappa shape index (κ1) is 12.6. The molecular weight excluding hydrogens is 260 g/mol.